The Morgan fingerprint density at radius 1 is 1.60 bits per heavy atom. The van der Waals surface area contributed by atoms with Gasteiger partial charge in [-0.3, -0.25) is 0 Å². The number of rotatable bonds is 2. The van der Waals surface area contributed by atoms with Gasteiger partial charge in [0.1, 0.15) is 12.4 Å². The fraction of sp³-hybridized carbons (Fsp3) is 0.500. The summed E-state index contributed by atoms with van der Waals surface area (Å²) in [6.45, 7) is 2.14. The van der Waals surface area contributed by atoms with Gasteiger partial charge in [0, 0.05) is 5.75 Å². The predicted molar refractivity (Wildman–Crippen MR) is 39.1 cm³/mol. The van der Waals surface area contributed by atoms with Crippen LogP contribution in [0.15, 0.2) is 18.7 Å². The third kappa shape index (κ3) is 2.75. The molecule has 1 aromatic rings. The quantitative estimate of drug-likeness (QED) is 0.518. The Bertz CT molecular complexity index is 188. The van der Waals surface area contributed by atoms with E-state index in [-0.39, 0.29) is 17.0 Å². The highest BCUT2D eigenvalue weighted by molar-refractivity contribution is 7.97. The molecule has 0 aliphatic heterocycles. The Morgan fingerprint density at radius 3 is 2.70 bits per heavy atom. The van der Waals surface area contributed by atoms with Crippen LogP contribution in [0, 0.1) is 0 Å². The SMILES string of the molecule is CCSn1cc[n+](C)c1.[Br-]. The molecule has 10 heavy (non-hydrogen) atoms. The van der Waals surface area contributed by atoms with Gasteiger partial charge in [-0.05, 0) is 0 Å². The number of aromatic nitrogens is 2. The molecule has 0 aromatic carbocycles. The zero-order chi connectivity index (χ0) is 6.69. The molecule has 2 nitrogen and oxygen atoms in total. The third-order valence-electron chi connectivity index (χ3n) is 1.02. The molecule has 4 heteroatoms. The first-order valence-electron chi connectivity index (χ1n) is 2.99. The number of hydrogen-bond donors (Lipinski definition) is 0. The molecule has 0 saturated heterocycles. The summed E-state index contributed by atoms with van der Waals surface area (Å²) in [6, 6.07) is 0. The van der Waals surface area contributed by atoms with E-state index in [2.05, 4.69) is 10.9 Å². The van der Waals surface area contributed by atoms with Gasteiger partial charge in [0.2, 0.25) is 0 Å². The minimum absolute atomic E-state index is 0. The van der Waals surface area contributed by atoms with Gasteiger partial charge in [0.15, 0.2) is 0 Å². The molecule has 0 fully saturated rings. The zero-order valence-electron chi connectivity index (χ0n) is 6.12. The van der Waals surface area contributed by atoms with E-state index in [0.717, 1.165) is 5.75 Å². The molecule has 0 atom stereocenters. The molecule has 1 heterocycles. The fourth-order valence-corrected chi connectivity index (χ4v) is 1.31. The summed E-state index contributed by atoms with van der Waals surface area (Å²) >= 11 is 1.79. The monoisotopic (exact) mass is 222 g/mol. The molecule has 0 spiro atoms. The van der Waals surface area contributed by atoms with Crippen LogP contribution in [-0.4, -0.2) is 9.73 Å². The molecule has 58 valence electrons. The fourth-order valence-electron chi connectivity index (χ4n) is 0.653. The molecule has 0 saturated carbocycles. The molecule has 0 radical (unpaired) electrons. The van der Waals surface area contributed by atoms with Gasteiger partial charge in [-0.15, -0.1) is 0 Å². The lowest BCUT2D eigenvalue weighted by Gasteiger charge is -1.84. The lowest BCUT2D eigenvalue weighted by Crippen LogP contribution is -3.00. The average Bonchev–Trinajstić information content (AvgIpc) is 2.17. The van der Waals surface area contributed by atoms with Crippen molar-refractivity contribution in [3.05, 3.63) is 18.7 Å². The minimum Gasteiger partial charge on any atom is -1.00 e. The van der Waals surface area contributed by atoms with Crippen molar-refractivity contribution in [2.24, 2.45) is 7.05 Å². The van der Waals surface area contributed by atoms with Crippen molar-refractivity contribution in [2.75, 3.05) is 5.75 Å². The molecular formula is C6H11BrN2S. The Labute approximate surface area is 76.1 Å². The number of aryl methyl sites for hydroxylation is 1. The summed E-state index contributed by atoms with van der Waals surface area (Å²) < 4.78 is 4.13. The van der Waals surface area contributed by atoms with Crippen LogP contribution in [0.4, 0.5) is 0 Å². The van der Waals surface area contributed by atoms with Crippen LogP contribution in [0.25, 0.3) is 0 Å². The normalized spacial score (nSPS) is 9.00. The molecule has 0 amide bonds. The van der Waals surface area contributed by atoms with Crippen molar-refractivity contribution in [1.82, 2.24) is 3.97 Å². The van der Waals surface area contributed by atoms with Gasteiger partial charge in [-0.1, -0.05) is 6.92 Å². The van der Waals surface area contributed by atoms with Crippen molar-refractivity contribution in [1.29, 1.82) is 0 Å². The van der Waals surface area contributed by atoms with Crippen LogP contribution in [-0.2, 0) is 7.05 Å². The molecule has 1 aromatic heterocycles. The van der Waals surface area contributed by atoms with E-state index in [4.69, 9.17) is 0 Å². The first kappa shape index (κ1) is 10.0. The van der Waals surface area contributed by atoms with Gasteiger partial charge in [0.05, 0.1) is 19.0 Å². The van der Waals surface area contributed by atoms with Crippen LogP contribution < -0.4 is 21.5 Å². The highest BCUT2D eigenvalue weighted by Crippen LogP contribution is 2.00. The summed E-state index contributed by atoms with van der Waals surface area (Å²) in [5.74, 6) is 1.12. The molecule has 0 aliphatic carbocycles. The average molecular weight is 223 g/mol. The van der Waals surface area contributed by atoms with E-state index in [1.54, 1.807) is 11.9 Å². The largest absolute Gasteiger partial charge is 1.00 e. The maximum absolute atomic E-state index is 2.14. The van der Waals surface area contributed by atoms with Crippen molar-refractivity contribution < 1.29 is 21.5 Å². The van der Waals surface area contributed by atoms with Gasteiger partial charge < -0.3 is 17.0 Å². The Hall–Kier alpha value is 0.0400. The van der Waals surface area contributed by atoms with E-state index >= 15 is 0 Å². The molecule has 0 unspecified atom stereocenters. The number of nitrogens with zero attached hydrogens (tertiary/aromatic N) is 2. The third-order valence-corrected chi connectivity index (χ3v) is 1.80. The number of imidazole rings is 1. The molecule has 0 bridgehead atoms. The summed E-state index contributed by atoms with van der Waals surface area (Å²) in [6.07, 6.45) is 6.13. The first-order chi connectivity index (χ1) is 4.33. The van der Waals surface area contributed by atoms with Crippen molar-refractivity contribution in [2.45, 2.75) is 6.92 Å². The standard InChI is InChI=1S/C6H11N2S.BrH/c1-3-9-8-5-4-7(2)6-8;/h4-6H,3H2,1-2H3;1H/q+1;/p-1. The van der Waals surface area contributed by atoms with Gasteiger partial charge in [-0.25, -0.2) is 4.57 Å². The summed E-state index contributed by atoms with van der Waals surface area (Å²) in [5, 5.41) is 0. The molecular weight excluding hydrogens is 212 g/mol. The van der Waals surface area contributed by atoms with E-state index < -0.39 is 0 Å². The maximum Gasteiger partial charge on any atom is 0.255 e. The summed E-state index contributed by atoms with van der Waals surface area (Å²) in [4.78, 5) is 0. The first-order valence-corrected chi connectivity index (χ1v) is 3.93. The van der Waals surface area contributed by atoms with Crippen molar-refractivity contribution >= 4 is 11.9 Å². The highest BCUT2D eigenvalue weighted by atomic mass is 79.9. The Balaban J connectivity index is 0.000000810. The second kappa shape index (κ2) is 4.79. The molecule has 1 rings (SSSR count). The minimum atomic E-state index is 0. The van der Waals surface area contributed by atoms with Gasteiger partial charge in [-0.2, -0.15) is 3.97 Å². The topological polar surface area (TPSA) is 8.81 Å². The second-order valence-electron chi connectivity index (χ2n) is 1.86. The van der Waals surface area contributed by atoms with Crippen LogP contribution in [0.2, 0.25) is 0 Å². The highest BCUT2D eigenvalue weighted by Gasteiger charge is 1.96. The smallest absolute Gasteiger partial charge is 0.255 e. The lowest BCUT2D eigenvalue weighted by atomic mass is 10.9. The number of hydrogen-bond acceptors (Lipinski definition) is 1. The number of halogens is 1. The second-order valence-corrected chi connectivity index (χ2v) is 3.11. The Kier molecular flexibility index (Phi) is 4.81. The lowest BCUT2D eigenvalue weighted by molar-refractivity contribution is -0.670. The van der Waals surface area contributed by atoms with E-state index in [9.17, 15) is 0 Å². The van der Waals surface area contributed by atoms with E-state index in [1.807, 2.05) is 30.3 Å². The van der Waals surface area contributed by atoms with E-state index in [0.29, 0.717) is 0 Å². The van der Waals surface area contributed by atoms with Crippen LogP contribution in [0.3, 0.4) is 0 Å². The van der Waals surface area contributed by atoms with E-state index in [1.165, 1.54) is 0 Å². The maximum atomic E-state index is 2.14. The zero-order valence-corrected chi connectivity index (χ0v) is 8.52. The predicted octanol–water partition coefficient (Wildman–Crippen LogP) is -2.17. The van der Waals surface area contributed by atoms with Gasteiger partial charge in [0.25, 0.3) is 6.33 Å². The van der Waals surface area contributed by atoms with Crippen molar-refractivity contribution in [3.63, 3.8) is 0 Å². The molecule has 0 aliphatic rings. The summed E-state index contributed by atoms with van der Waals surface area (Å²) in [7, 11) is 2.02. The van der Waals surface area contributed by atoms with Crippen LogP contribution in [0.1, 0.15) is 6.92 Å². The Morgan fingerprint density at radius 2 is 2.30 bits per heavy atom. The van der Waals surface area contributed by atoms with Crippen LogP contribution in [0.5, 0.6) is 0 Å². The van der Waals surface area contributed by atoms with Gasteiger partial charge >= 0.3 is 0 Å². The van der Waals surface area contributed by atoms with Crippen LogP contribution >= 0.6 is 11.9 Å². The summed E-state index contributed by atoms with van der Waals surface area (Å²) in [5.41, 5.74) is 0. The molecule has 0 N–H and O–H groups in total. The van der Waals surface area contributed by atoms with Crippen molar-refractivity contribution in [3.8, 4) is 0 Å².